The molecule has 1 atom stereocenters. The van der Waals surface area contributed by atoms with E-state index in [4.69, 9.17) is 0 Å². The number of carbonyl (C=O) groups is 1. The first-order valence-electron chi connectivity index (χ1n) is 8.34. The maximum Gasteiger partial charge on any atom is 0.251 e. The predicted molar refractivity (Wildman–Crippen MR) is 98.9 cm³/mol. The van der Waals surface area contributed by atoms with Crippen molar-refractivity contribution in [2.24, 2.45) is 5.41 Å². The second kappa shape index (κ2) is 6.69. The molecule has 0 aliphatic heterocycles. The Labute approximate surface area is 147 Å². The topological polar surface area (TPSA) is 67.2 Å². The highest BCUT2D eigenvalue weighted by Gasteiger charge is 2.25. The SMILES string of the molecule is CC(C)(C)C(CO)NC(=O)c1cccc(-n2cnc3ccccc32)c1. The van der Waals surface area contributed by atoms with E-state index in [1.165, 1.54) is 0 Å². The maximum absolute atomic E-state index is 12.6. The van der Waals surface area contributed by atoms with Gasteiger partial charge in [-0.05, 0) is 35.7 Å². The predicted octanol–water partition coefficient (Wildman–Crippen LogP) is 3.16. The fourth-order valence-electron chi connectivity index (χ4n) is 2.74. The van der Waals surface area contributed by atoms with Crippen LogP contribution in [0.2, 0.25) is 0 Å². The van der Waals surface area contributed by atoms with E-state index >= 15 is 0 Å². The van der Waals surface area contributed by atoms with Crippen LogP contribution in [0.25, 0.3) is 16.7 Å². The average Bonchev–Trinajstić information content (AvgIpc) is 3.02. The number of amides is 1. The number of hydrogen-bond acceptors (Lipinski definition) is 3. The summed E-state index contributed by atoms with van der Waals surface area (Å²) >= 11 is 0. The molecule has 5 heteroatoms. The zero-order valence-corrected chi connectivity index (χ0v) is 14.7. The average molecular weight is 337 g/mol. The molecule has 130 valence electrons. The van der Waals surface area contributed by atoms with Crippen LogP contribution in [-0.2, 0) is 0 Å². The van der Waals surface area contributed by atoms with Gasteiger partial charge in [0.05, 0.1) is 23.7 Å². The van der Waals surface area contributed by atoms with Crippen LogP contribution in [0.1, 0.15) is 31.1 Å². The lowest BCUT2D eigenvalue weighted by Crippen LogP contribution is -2.46. The molecule has 0 bridgehead atoms. The van der Waals surface area contributed by atoms with Crippen LogP contribution in [0.4, 0.5) is 0 Å². The van der Waals surface area contributed by atoms with Crippen LogP contribution in [-0.4, -0.2) is 33.2 Å². The standard InChI is InChI=1S/C20H23N3O2/c1-20(2,3)18(12-24)22-19(25)14-7-6-8-15(11-14)23-13-21-16-9-4-5-10-17(16)23/h4-11,13,18,24H,12H2,1-3H3,(H,22,25). The Morgan fingerprint density at radius 1 is 1.20 bits per heavy atom. The number of aromatic nitrogens is 2. The maximum atomic E-state index is 12.6. The van der Waals surface area contributed by atoms with Gasteiger partial charge in [-0.25, -0.2) is 4.98 Å². The lowest BCUT2D eigenvalue weighted by Gasteiger charge is -2.29. The Morgan fingerprint density at radius 3 is 2.68 bits per heavy atom. The molecule has 0 radical (unpaired) electrons. The van der Waals surface area contributed by atoms with Crippen LogP contribution in [0.5, 0.6) is 0 Å². The van der Waals surface area contributed by atoms with Crippen molar-refractivity contribution in [1.82, 2.24) is 14.9 Å². The minimum Gasteiger partial charge on any atom is -0.394 e. The molecule has 1 aromatic heterocycles. The normalized spacial score (nSPS) is 13.0. The molecule has 25 heavy (non-hydrogen) atoms. The van der Waals surface area contributed by atoms with Crippen molar-refractivity contribution < 1.29 is 9.90 Å². The van der Waals surface area contributed by atoms with E-state index in [9.17, 15) is 9.90 Å². The number of hydrogen-bond donors (Lipinski definition) is 2. The van der Waals surface area contributed by atoms with Crippen molar-refractivity contribution in [3.63, 3.8) is 0 Å². The van der Waals surface area contributed by atoms with Gasteiger partial charge in [0.25, 0.3) is 5.91 Å². The number of aliphatic hydroxyl groups is 1. The lowest BCUT2D eigenvalue weighted by atomic mass is 9.87. The summed E-state index contributed by atoms with van der Waals surface area (Å²) in [4.78, 5) is 17.0. The number of nitrogens with one attached hydrogen (secondary N) is 1. The number of imidazole rings is 1. The van der Waals surface area contributed by atoms with Gasteiger partial charge in [0.15, 0.2) is 0 Å². The molecular formula is C20H23N3O2. The molecule has 2 aromatic carbocycles. The number of aliphatic hydroxyl groups excluding tert-OH is 1. The molecule has 1 amide bonds. The first-order chi connectivity index (χ1) is 11.9. The largest absolute Gasteiger partial charge is 0.394 e. The molecule has 3 rings (SSSR count). The number of nitrogens with zero attached hydrogens (tertiary/aromatic N) is 2. The van der Waals surface area contributed by atoms with E-state index in [2.05, 4.69) is 10.3 Å². The number of para-hydroxylation sites is 2. The van der Waals surface area contributed by atoms with Gasteiger partial charge in [-0.1, -0.05) is 39.0 Å². The van der Waals surface area contributed by atoms with Gasteiger partial charge in [-0.15, -0.1) is 0 Å². The fraction of sp³-hybridized carbons (Fsp3) is 0.300. The van der Waals surface area contributed by atoms with Gasteiger partial charge in [-0.2, -0.15) is 0 Å². The third-order valence-corrected chi connectivity index (χ3v) is 4.37. The quantitative estimate of drug-likeness (QED) is 0.768. The second-order valence-corrected chi connectivity index (χ2v) is 7.23. The van der Waals surface area contributed by atoms with Crippen molar-refractivity contribution in [3.05, 3.63) is 60.4 Å². The van der Waals surface area contributed by atoms with Crippen molar-refractivity contribution >= 4 is 16.9 Å². The minimum atomic E-state index is -0.308. The van der Waals surface area contributed by atoms with Gasteiger partial charge in [0, 0.05) is 11.3 Å². The molecule has 2 N–H and O–H groups in total. The summed E-state index contributed by atoms with van der Waals surface area (Å²) in [5.41, 5.74) is 3.10. The van der Waals surface area contributed by atoms with Crippen LogP contribution in [0.15, 0.2) is 54.9 Å². The Bertz CT molecular complexity index is 893. The summed E-state index contributed by atoms with van der Waals surface area (Å²) in [5.74, 6) is -0.194. The highest BCUT2D eigenvalue weighted by Crippen LogP contribution is 2.21. The number of benzene rings is 2. The number of carbonyl (C=O) groups excluding carboxylic acids is 1. The zero-order valence-electron chi connectivity index (χ0n) is 14.7. The summed E-state index contributed by atoms with van der Waals surface area (Å²) in [6, 6.07) is 15.0. The number of fused-ring (bicyclic) bond motifs is 1. The van der Waals surface area contributed by atoms with Crippen molar-refractivity contribution in [3.8, 4) is 5.69 Å². The smallest absolute Gasteiger partial charge is 0.251 e. The summed E-state index contributed by atoms with van der Waals surface area (Å²) < 4.78 is 1.96. The molecule has 5 nitrogen and oxygen atoms in total. The zero-order chi connectivity index (χ0) is 18.0. The fourth-order valence-corrected chi connectivity index (χ4v) is 2.74. The van der Waals surface area contributed by atoms with Gasteiger partial charge in [0.2, 0.25) is 0 Å². The molecule has 0 saturated heterocycles. The summed E-state index contributed by atoms with van der Waals surface area (Å²) in [5, 5.41) is 12.5. The third kappa shape index (κ3) is 3.56. The first kappa shape index (κ1) is 17.2. The summed E-state index contributed by atoms with van der Waals surface area (Å²) in [6.07, 6.45) is 1.76. The van der Waals surface area contributed by atoms with Crippen LogP contribution in [0.3, 0.4) is 0 Å². The van der Waals surface area contributed by atoms with E-state index in [-0.39, 0.29) is 24.0 Å². The van der Waals surface area contributed by atoms with Crippen LogP contribution < -0.4 is 5.32 Å². The molecule has 0 aliphatic carbocycles. The number of rotatable bonds is 4. The van der Waals surface area contributed by atoms with Gasteiger partial charge in [-0.3, -0.25) is 9.36 Å². The second-order valence-electron chi connectivity index (χ2n) is 7.23. The van der Waals surface area contributed by atoms with E-state index in [1.54, 1.807) is 12.4 Å². The van der Waals surface area contributed by atoms with E-state index < -0.39 is 0 Å². The van der Waals surface area contributed by atoms with Gasteiger partial charge >= 0.3 is 0 Å². The Kier molecular flexibility index (Phi) is 4.59. The van der Waals surface area contributed by atoms with Crippen LogP contribution in [0, 0.1) is 5.41 Å². The Balaban J connectivity index is 1.90. The minimum absolute atomic E-state index is 0.0961. The molecule has 0 aliphatic rings. The highest BCUT2D eigenvalue weighted by atomic mass is 16.3. The van der Waals surface area contributed by atoms with E-state index in [1.807, 2.05) is 67.8 Å². The lowest BCUT2D eigenvalue weighted by molar-refractivity contribution is 0.0848. The van der Waals surface area contributed by atoms with Crippen molar-refractivity contribution in [2.75, 3.05) is 6.61 Å². The molecular weight excluding hydrogens is 314 g/mol. The van der Waals surface area contributed by atoms with Gasteiger partial charge in [0.1, 0.15) is 6.33 Å². The summed E-state index contributed by atoms with van der Waals surface area (Å²) in [7, 11) is 0. The molecule has 1 unspecified atom stereocenters. The van der Waals surface area contributed by atoms with Crippen LogP contribution >= 0.6 is 0 Å². The summed E-state index contributed by atoms with van der Waals surface area (Å²) in [6.45, 7) is 5.87. The van der Waals surface area contributed by atoms with Crippen molar-refractivity contribution in [2.45, 2.75) is 26.8 Å². The van der Waals surface area contributed by atoms with E-state index in [0.717, 1.165) is 16.7 Å². The first-order valence-corrected chi connectivity index (χ1v) is 8.34. The molecule has 0 fully saturated rings. The molecule has 3 aromatic rings. The third-order valence-electron chi connectivity index (χ3n) is 4.37. The Morgan fingerprint density at radius 2 is 1.96 bits per heavy atom. The molecule has 0 saturated carbocycles. The van der Waals surface area contributed by atoms with Crippen molar-refractivity contribution in [1.29, 1.82) is 0 Å². The molecule has 0 spiro atoms. The monoisotopic (exact) mass is 337 g/mol. The molecule has 1 heterocycles. The Hall–Kier alpha value is -2.66. The van der Waals surface area contributed by atoms with E-state index in [0.29, 0.717) is 5.56 Å². The highest BCUT2D eigenvalue weighted by molar-refractivity contribution is 5.95. The van der Waals surface area contributed by atoms with Gasteiger partial charge < -0.3 is 10.4 Å².